The third kappa shape index (κ3) is 4.37. The molecule has 0 atom stereocenters. The Balaban J connectivity index is 1.85. The zero-order valence-electron chi connectivity index (χ0n) is 17.8. The van der Waals surface area contributed by atoms with Gasteiger partial charge in [-0.15, -0.1) is 0 Å². The number of nitrogens with zero attached hydrogens (tertiary/aromatic N) is 2. The molecule has 182 valence electrons. The molecule has 0 fully saturated rings. The summed E-state index contributed by atoms with van der Waals surface area (Å²) in [7, 11) is 0. The van der Waals surface area contributed by atoms with E-state index in [1.807, 2.05) is 12.1 Å². The van der Waals surface area contributed by atoms with Gasteiger partial charge in [0.2, 0.25) is 0 Å². The molecular formula is C26H12Br2F6N2. The van der Waals surface area contributed by atoms with E-state index in [1.54, 1.807) is 24.3 Å². The predicted octanol–water partition coefficient (Wildman–Crippen LogP) is 9.66. The number of benzene rings is 4. The molecule has 36 heavy (non-hydrogen) atoms. The first-order chi connectivity index (χ1) is 16.9. The average molecular weight is 626 g/mol. The summed E-state index contributed by atoms with van der Waals surface area (Å²) >= 11 is 6.24. The molecule has 2 nitrogen and oxygen atoms in total. The molecule has 0 radical (unpaired) electrons. The molecule has 0 saturated carbocycles. The molecule has 0 heterocycles. The zero-order valence-corrected chi connectivity index (χ0v) is 21.0. The van der Waals surface area contributed by atoms with Crippen molar-refractivity contribution >= 4 is 65.4 Å². The summed E-state index contributed by atoms with van der Waals surface area (Å²) in [6.45, 7) is 0. The minimum absolute atomic E-state index is 0.0484. The quantitative estimate of drug-likeness (QED) is 0.198. The molecule has 1 aliphatic carbocycles. The first-order valence-electron chi connectivity index (χ1n) is 10.4. The van der Waals surface area contributed by atoms with Gasteiger partial charge in [-0.1, -0.05) is 64.5 Å². The monoisotopic (exact) mass is 624 g/mol. The zero-order chi connectivity index (χ0) is 25.8. The number of rotatable bonds is 2. The standard InChI is InChI=1S/C26H12Br2F6N2/c27-14-11-18(26(32,33)34)24(19(28)12-14)36-23-16-8-4-6-13-5-3-7-15(21(13)16)22(23)35-20-10-2-1-9-17(20)25(29,30)31/h1-12H. The number of hydrogen-bond acceptors (Lipinski definition) is 2. The lowest BCUT2D eigenvalue weighted by Crippen LogP contribution is -2.13. The molecule has 0 spiro atoms. The topological polar surface area (TPSA) is 24.7 Å². The van der Waals surface area contributed by atoms with Crippen LogP contribution in [0.15, 0.2) is 91.7 Å². The van der Waals surface area contributed by atoms with Gasteiger partial charge in [-0.25, -0.2) is 9.98 Å². The maximum Gasteiger partial charge on any atom is 0.418 e. The lowest BCUT2D eigenvalue weighted by Gasteiger charge is -2.14. The summed E-state index contributed by atoms with van der Waals surface area (Å²) in [5.74, 6) is 0. The van der Waals surface area contributed by atoms with E-state index in [0.717, 1.165) is 17.5 Å². The lowest BCUT2D eigenvalue weighted by molar-refractivity contribution is -0.137. The van der Waals surface area contributed by atoms with Gasteiger partial charge in [-0.3, -0.25) is 0 Å². The van der Waals surface area contributed by atoms with Crippen molar-refractivity contribution in [3.05, 3.63) is 104 Å². The molecule has 0 unspecified atom stereocenters. The van der Waals surface area contributed by atoms with Crippen molar-refractivity contribution in [3.8, 4) is 0 Å². The van der Waals surface area contributed by atoms with E-state index in [-0.39, 0.29) is 26.1 Å². The molecule has 0 bridgehead atoms. The number of alkyl halides is 6. The maximum atomic E-state index is 13.9. The van der Waals surface area contributed by atoms with Crippen LogP contribution >= 0.6 is 31.9 Å². The molecule has 0 saturated heterocycles. The molecule has 0 aliphatic heterocycles. The fourth-order valence-corrected chi connectivity index (χ4v) is 5.47. The van der Waals surface area contributed by atoms with Crippen LogP contribution in [0, 0.1) is 0 Å². The van der Waals surface area contributed by atoms with E-state index in [4.69, 9.17) is 0 Å². The number of halogens is 8. The Hall–Kier alpha value is -2.98. The molecule has 4 aromatic carbocycles. The molecular weight excluding hydrogens is 614 g/mol. The van der Waals surface area contributed by atoms with Crippen molar-refractivity contribution < 1.29 is 26.3 Å². The largest absolute Gasteiger partial charge is 0.418 e. The number of hydrogen-bond donors (Lipinski definition) is 0. The highest BCUT2D eigenvalue weighted by Gasteiger charge is 2.37. The van der Waals surface area contributed by atoms with Gasteiger partial charge in [0.25, 0.3) is 0 Å². The van der Waals surface area contributed by atoms with Gasteiger partial charge in [-0.2, -0.15) is 26.3 Å². The Bertz CT molecular complexity index is 1580. The van der Waals surface area contributed by atoms with Gasteiger partial charge in [0, 0.05) is 25.5 Å². The smallest absolute Gasteiger partial charge is 0.245 e. The SMILES string of the molecule is FC(F)(F)c1ccccc1N=C1C(=Nc2c(Br)cc(Br)cc2C(F)(F)F)c2cccc3cccc1c23. The van der Waals surface area contributed by atoms with E-state index in [9.17, 15) is 26.3 Å². The highest BCUT2D eigenvalue weighted by Crippen LogP contribution is 2.44. The van der Waals surface area contributed by atoms with Crippen molar-refractivity contribution in [1.29, 1.82) is 0 Å². The minimum atomic E-state index is -4.73. The van der Waals surface area contributed by atoms with E-state index in [2.05, 4.69) is 41.8 Å². The summed E-state index contributed by atoms with van der Waals surface area (Å²) in [5, 5.41) is 1.42. The van der Waals surface area contributed by atoms with Crippen molar-refractivity contribution in [2.75, 3.05) is 0 Å². The van der Waals surface area contributed by atoms with Crippen LogP contribution in [0.25, 0.3) is 10.8 Å². The Morgan fingerprint density at radius 2 is 1.19 bits per heavy atom. The van der Waals surface area contributed by atoms with E-state index in [1.165, 1.54) is 24.3 Å². The lowest BCUT2D eigenvalue weighted by atomic mass is 10.1. The summed E-state index contributed by atoms with van der Waals surface area (Å²) in [6.07, 6.45) is -9.41. The van der Waals surface area contributed by atoms with Gasteiger partial charge in [0.05, 0.1) is 33.9 Å². The Kier molecular flexibility index (Phi) is 6.07. The highest BCUT2D eigenvalue weighted by atomic mass is 79.9. The van der Waals surface area contributed by atoms with E-state index in [0.29, 0.717) is 16.5 Å². The van der Waals surface area contributed by atoms with Gasteiger partial charge in [-0.05, 0) is 45.6 Å². The molecule has 0 N–H and O–H groups in total. The molecule has 0 aromatic heterocycles. The molecule has 5 rings (SSSR count). The Morgan fingerprint density at radius 3 is 1.81 bits per heavy atom. The second kappa shape index (κ2) is 8.85. The average Bonchev–Trinajstić information content (AvgIpc) is 3.09. The third-order valence-corrected chi connectivity index (χ3v) is 6.70. The Morgan fingerprint density at radius 1 is 0.611 bits per heavy atom. The van der Waals surface area contributed by atoms with Crippen molar-refractivity contribution in [2.45, 2.75) is 12.4 Å². The van der Waals surface area contributed by atoms with Crippen LogP contribution in [0.4, 0.5) is 37.7 Å². The fourth-order valence-electron chi connectivity index (χ4n) is 4.16. The van der Waals surface area contributed by atoms with Crippen LogP contribution in [0.1, 0.15) is 22.3 Å². The van der Waals surface area contributed by atoms with Crippen molar-refractivity contribution in [3.63, 3.8) is 0 Å². The fraction of sp³-hybridized carbons (Fsp3) is 0.0769. The molecule has 4 aromatic rings. The molecule has 10 heteroatoms. The molecule has 1 aliphatic rings. The summed E-state index contributed by atoms with van der Waals surface area (Å²) in [6, 6.07) is 17.5. The van der Waals surface area contributed by atoms with Crippen LogP contribution in [0.2, 0.25) is 0 Å². The van der Waals surface area contributed by atoms with Crippen LogP contribution in [-0.4, -0.2) is 11.4 Å². The van der Waals surface area contributed by atoms with E-state index >= 15 is 0 Å². The van der Waals surface area contributed by atoms with Gasteiger partial charge in [0.15, 0.2) is 0 Å². The first kappa shape index (κ1) is 24.7. The maximum absolute atomic E-state index is 13.9. The highest BCUT2D eigenvalue weighted by molar-refractivity contribution is 9.11. The van der Waals surface area contributed by atoms with Gasteiger partial charge < -0.3 is 0 Å². The van der Waals surface area contributed by atoms with Crippen molar-refractivity contribution in [2.24, 2.45) is 9.98 Å². The van der Waals surface area contributed by atoms with Crippen molar-refractivity contribution in [1.82, 2.24) is 0 Å². The number of aliphatic imine (C=N–C) groups is 2. The van der Waals surface area contributed by atoms with Gasteiger partial charge >= 0.3 is 12.4 Å². The number of para-hydroxylation sites is 1. The first-order valence-corrected chi connectivity index (χ1v) is 12.0. The summed E-state index contributed by atoms with van der Waals surface area (Å²) < 4.78 is 83.2. The normalized spacial score (nSPS) is 15.9. The Labute approximate surface area is 217 Å². The van der Waals surface area contributed by atoms with Gasteiger partial charge in [0.1, 0.15) is 0 Å². The third-order valence-electron chi connectivity index (χ3n) is 5.64. The minimum Gasteiger partial charge on any atom is -0.245 e. The van der Waals surface area contributed by atoms with Crippen LogP contribution in [0.5, 0.6) is 0 Å². The van der Waals surface area contributed by atoms with Crippen LogP contribution in [-0.2, 0) is 12.4 Å². The molecule has 0 amide bonds. The van der Waals surface area contributed by atoms with Crippen LogP contribution < -0.4 is 0 Å². The van der Waals surface area contributed by atoms with E-state index < -0.39 is 29.2 Å². The second-order valence-corrected chi connectivity index (χ2v) is 9.70. The summed E-state index contributed by atoms with van der Waals surface area (Å²) in [4.78, 5) is 8.73. The summed E-state index contributed by atoms with van der Waals surface area (Å²) in [5.41, 5.74) is -1.65. The predicted molar refractivity (Wildman–Crippen MR) is 135 cm³/mol. The van der Waals surface area contributed by atoms with Crippen LogP contribution in [0.3, 0.4) is 0 Å². The second-order valence-electron chi connectivity index (χ2n) is 7.93.